The standard InChI is InChI=1S/C54H34N2O/c1-3-11-35(12-4-1)39-23-29-44-45-30-24-40(36-13-5-2-6-14-36)32-51(45)56(50(44)31-39)42-27-21-38(22-28-42)37-19-25-41(26-20-37)55-49-17-9-7-15-43(49)47-33-48-46-16-8-10-18-53(46)57-54(48)34-52(47)55/h1-34H. The lowest BCUT2D eigenvalue weighted by Gasteiger charge is -2.12. The molecule has 12 aromatic rings. The Balaban J connectivity index is 0.959. The van der Waals surface area contributed by atoms with Gasteiger partial charge >= 0.3 is 0 Å². The monoisotopic (exact) mass is 726 g/mol. The van der Waals surface area contributed by atoms with Gasteiger partial charge in [-0.2, -0.15) is 0 Å². The fraction of sp³-hybridized carbons (Fsp3) is 0. The molecule has 0 bridgehead atoms. The second-order valence-corrected chi connectivity index (χ2v) is 14.9. The van der Waals surface area contributed by atoms with E-state index in [4.69, 9.17) is 4.42 Å². The van der Waals surface area contributed by atoms with Gasteiger partial charge in [0.2, 0.25) is 0 Å². The van der Waals surface area contributed by atoms with Crippen LogP contribution < -0.4 is 0 Å². The molecule has 0 aliphatic carbocycles. The number of furan rings is 1. The van der Waals surface area contributed by atoms with Crippen LogP contribution in [0.1, 0.15) is 0 Å². The van der Waals surface area contributed by atoms with E-state index < -0.39 is 0 Å². The van der Waals surface area contributed by atoms with Crippen molar-refractivity contribution in [3.05, 3.63) is 206 Å². The fourth-order valence-electron chi connectivity index (χ4n) is 8.99. The van der Waals surface area contributed by atoms with E-state index in [-0.39, 0.29) is 0 Å². The maximum absolute atomic E-state index is 6.35. The molecule has 0 atom stereocenters. The third-order valence-corrected chi connectivity index (χ3v) is 11.7. The molecule has 266 valence electrons. The Morgan fingerprint density at radius 1 is 0.246 bits per heavy atom. The van der Waals surface area contributed by atoms with Crippen LogP contribution in [0, 0.1) is 0 Å². The van der Waals surface area contributed by atoms with Crippen LogP contribution in [0.15, 0.2) is 211 Å². The maximum atomic E-state index is 6.35. The summed E-state index contributed by atoms with van der Waals surface area (Å²) in [5.41, 5.74) is 16.0. The van der Waals surface area contributed by atoms with E-state index in [0.717, 1.165) is 38.8 Å². The van der Waals surface area contributed by atoms with E-state index in [1.807, 2.05) is 12.1 Å². The van der Waals surface area contributed by atoms with Crippen LogP contribution in [0.2, 0.25) is 0 Å². The van der Waals surface area contributed by atoms with Crippen molar-refractivity contribution in [2.75, 3.05) is 0 Å². The van der Waals surface area contributed by atoms with E-state index in [9.17, 15) is 0 Å². The molecule has 0 saturated carbocycles. The smallest absolute Gasteiger partial charge is 0.137 e. The Hall–Kier alpha value is -7.62. The van der Waals surface area contributed by atoms with Gasteiger partial charge in [-0.1, -0.05) is 146 Å². The Bertz CT molecular complexity index is 3380. The van der Waals surface area contributed by atoms with E-state index in [0.29, 0.717) is 0 Å². The van der Waals surface area contributed by atoms with E-state index in [1.54, 1.807) is 0 Å². The number of hydrogen-bond acceptors (Lipinski definition) is 1. The maximum Gasteiger partial charge on any atom is 0.137 e. The minimum Gasteiger partial charge on any atom is -0.456 e. The third kappa shape index (κ3) is 4.99. The van der Waals surface area contributed by atoms with E-state index in [2.05, 4.69) is 203 Å². The Labute approximate surface area is 328 Å². The lowest BCUT2D eigenvalue weighted by Crippen LogP contribution is -1.95. The summed E-state index contributed by atoms with van der Waals surface area (Å²) in [7, 11) is 0. The van der Waals surface area contributed by atoms with E-state index in [1.165, 1.54) is 71.5 Å². The van der Waals surface area contributed by atoms with Gasteiger partial charge in [-0.25, -0.2) is 0 Å². The highest BCUT2D eigenvalue weighted by Gasteiger charge is 2.18. The highest BCUT2D eigenvalue weighted by molar-refractivity contribution is 6.17. The third-order valence-electron chi connectivity index (χ3n) is 11.7. The normalized spacial score (nSPS) is 11.9. The second kappa shape index (κ2) is 12.5. The largest absolute Gasteiger partial charge is 0.456 e. The summed E-state index contributed by atoms with van der Waals surface area (Å²) in [5, 5.41) is 7.24. The summed E-state index contributed by atoms with van der Waals surface area (Å²) in [6, 6.07) is 74.5. The molecule has 57 heavy (non-hydrogen) atoms. The average Bonchev–Trinajstić information content (AvgIpc) is 3.93. The van der Waals surface area contributed by atoms with Crippen LogP contribution in [-0.4, -0.2) is 9.13 Å². The molecule has 3 heterocycles. The highest BCUT2D eigenvalue weighted by Crippen LogP contribution is 2.40. The van der Waals surface area contributed by atoms with Gasteiger partial charge in [0.05, 0.1) is 22.1 Å². The van der Waals surface area contributed by atoms with Crippen molar-refractivity contribution in [3.8, 4) is 44.8 Å². The zero-order chi connectivity index (χ0) is 37.5. The van der Waals surface area contributed by atoms with Gasteiger partial charge < -0.3 is 13.6 Å². The van der Waals surface area contributed by atoms with Crippen molar-refractivity contribution < 1.29 is 4.42 Å². The number of fused-ring (bicyclic) bond motifs is 9. The first-order valence-electron chi connectivity index (χ1n) is 19.5. The van der Waals surface area contributed by atoms with Crippen LogP contribution in [0.25, 0.3) is 110 Å². The summed E-state index contributed by atoms with van der Waals surface area (Å²) in [6.07, 6.45) is 0. The number of hydrogen-bond donors (Lipinski definition) is 0. The first kappa shape index (κ1) is 31.7. The summed E-state index contributed by atoms with van der Waals surface area (Å²) in [4.78, 5) is 0. The van der Waals surface area contributed by atoms with Gasteiger partial charge in [0.15, 0.2) is 0 Å². The lowest BCUT2D eigenvalue weighted by atomic mass is 10.0. The van der Waals surface area contributed by atoms with Crippen LogP contribution in [-0.2, 0) is 0 Å². The van der Waals surface area contributed by atoms with Crippen LogP contribution in [0.3, 0.4) is 0 Å². The SMILES string of the molecule is c1ccc(-c2ccc3c4ccc(-c5ccccc5)cc4n(-c4ccc(-c5ccc(-n6c7ccccc7c7cc8c(cc76)oc6ccccc68)cc5)cc4)c3c2)cc1. The quantitative estimate of drug-likeness (QED) is 0.173. The van der Waals surface area contributed by atoms with Gasteiger partial charge in [0.1, 0.15) is 11.2 Å². The lowest BCUT2D eigenvalue weighted by molar-refractivity contribution is 0.669. The average molecular weight is 727 g/mol. The van der Waals surface area contributed by atoms with Crippen molar-refractivity contribution in [1.82, 2.24) is 9.13 Å². The molecule has 0 radical (unpaired) electrons. The first-order chi connectivity index (χ1) is 28.2. The number of nitrogens with zero attached hydrogens (tertiary/aromatic N) is 2. The van der Waals surface area contributed by atoms with Crippen molar-refractivity contribution in [2.45, 2.75) is 0 Å². The summed E-state index contributed by atoms with van der Waals surface area (Å²) in [6.45, 7) is 0. The van der Waals surface area contributed by atoms with Crippen molar-refractivity contribution in [3.63, 3.8) is 0 Å². The van der Waals surface area contributed by atoms with Crippen molar-refractivity contribution in [1.29, 1.82) is 0 Å². The number of aromatic nitrogens is 2. The summed E-state index contributed by atoms with van der Waals surface area (Å²) < 4.78 is 11.1. The zero-order valence-electron chi connectivity index (χ0n) is 30.9. The predicted octanol–water partition coefficient (Wildman–Crippen LogP) is 14.8. The molecule has 9 aromatic carbocycles. The minimum absolute atomic E-state index is 0.903. The summed E-state index contributed by atoms with van der Waals surface area (Å²) >= 11 is 0. The van der Waals surface area contributed by atoms with Crippen LogP contribution >= 0.6 is 0 Å². The molecule has 0 N–H and O–H groups in total. The molecule has 0 spiro atoms. The molecule has 0 unspecified atom stereocenters. The molecule has 0 aliphatic rings. The number of rotatable bonds is 5. The minimum atomic E-state index is 0.903. The van der Waals surface area contributed by atoms with Gasteiger partial charge in [-0.05, 0) is 88.0 Å². The van der Waals surface area contributed by atoms with Gasteiger partial charge in [0.25, 0.3) is 0 Å². The number of benzene rings is 9. The van der Waals surface area contributed by atoms with Gasteiger partial charge in [-0.3, -0.25) is 0 Å². The molecule has 3 nitrogen and oxygen atoms in total. The molecule has 3 heteroatoms. The molecule has 0 saturated heterocycles. The fourth-order valence-corrected chi connectivity index (χ4v) is 8.99. The Kier molecular flexibility index (Phi) is 6.93. The van der Waals surface area contributed by atoms with Gasteiger partial charge in [0, 0.05) is 49.8 Å². The molecular weight excluding hydrogens is 693 g/mol. The molecule has 0 fully saturated rings. The molecular formula is C54H34N2O. The van der Waals surface area contributed by atoms with Crippen LogP contribution in [0.4, 0.5) is 0 Å². The predicted molar refractivity (Wildman–Crippen MR) is 239 cm³/mol. The molecule has 12 rings (SSSR count). The van der Waals surface area contributed by atoms with Gasteiger partial charge in [-0.15, -0.1) is 0 Å². The topological polar surface area (TPSA) is 23.0 Å². The van der Waals surface area contributed by atoms with Crippen molar-refractivity contribution in [2.24, 2.45) is 0 Å². The van der Waals surface area contributed by atoms with Crippen LogP contribution in [0.5, 0.6) is 0 Å². The highest BCUT2D eigenvalue weighted by atomic mass is 16.3. The van der Waals surface area contributed by atoms with E-state index >= 15 is 0 Å². The zero-order valence-corrected chi connectivity index (χ0v) is 30.9. The summed E-state index contributed by atoms with van der Waals surface area (Å²) in [5.74, 6) is 0. The second-order valence-electron chi connectivity index (χ2n) is 14.9. The first-order valence-corrected chi connectivity index (χ1v) is 19.5. The number of para-hydroxylation sites is 2. The Morgan fingerprint density at radius 3 is 1.28 bits per heavy atom. The Morgan fingerprint density at radius 2 is 0.684 bits per heavy atom. The van der Waals surface area contributed by atoms with Crippen molar-refractivity contribution >= 4 is 65.6 Å². The molecule has 0 aliphatic heterocycles. The molecule has 3 aromatic heterocycles. The molecule has 0 amide bonds.